The van der Waals surface area contributed by atoms with Crippen LogP contribution in [0.1, 0.15) is 1.43 Å². The van der Waals surface area contributed by atoms with E-state index in [1.54, 1.807) is 0 Å². The first kappa shape index (κ1) is 24.5. The van der Waals surface area contributed by atoms with Crippen LogP contribution in [0.25, 0.3) is 65.6 Å². The number of rotatable bonds is 1. The van der Waals surface area contributed by atoms with Gasteiger partial charge in [-0.25, -0.2) is 0 Å². The van der Waals surface area contributed by atoms with Crippen LogP contribution in [0.2, 0.25) is 0 Å². The zero-order chi connectivity index (χ0) is 27.7. The Morgan fingerprint density at radius 1 is 0.463 bits per heavy atom. The number of benzene rings is 6. The second-order valence-corrected chi connectivity index (χ2v) is 12.1. The van der Waals surface area contributed by atoms with Gasteiger partial charge < -0.3 is 14.7 Å². The molecule has 3 aromatic heterocycles. The van der Waals surface area contributed by atoms with E-state index in [-0.39, 0.29) is 1.43 Å². The largest absolute Gasteiger partial charge is 0.397 e. The van der Waals surface area contributed by atoms with Crippen molar-refractivity contribution in [3.05, 3.63) is 136 Å². The molecule has 0 aliphatic rings. The zero-order valence-corrected chi connectivity index (χ0v) is 25.0. The lowest BCUT2D eigenvalue weighted by atomic mass is 10.1. The zero-order valence-electron chi connectivity index (χ0n) is 21.9. The molecule has 3 heterocycles. The minimum absolute atomic E-state index is 0. The molecule has 9 aromatic rings. The van der Waals surface area contributed by atoms with Crippen LogP contribution in [-0.2, 0) is 0 Å². The molecule has 9 rings (SSSR count). The molecule has 0 radical (unpaired) electrons. The number of anilines is 1. The first-order valence-corrected chi connectivity index (χ1v) is 15.0. The lowest BCUT2D eigenvalue weighted by Crippen LogP contribution is -1.99. The average Bonchev–Trinajstić information content (AvgIpc) is 3.63. The standard InChI is InChI=1S/C18H13BrN2.C18H10BrN.H2/c19-12-9-10-18(15(20)11-12)21-16-7-3-1-5-13(16)14-6-2-4-8-17(14)21;19-11-8-9-17-15(10-11)14-6-3-5-13-12-4-1-2-7-16(12)20(17)18(13)14;/h1-11H,20H2;1-10H;1H/i;;1+1. The highest BCUT2D eigenvalue weighted by Crippen LogP contribution is 2.39. The van der Waals surface area contributed by atoms with Crippen LogP contribution in [0.15, 0.2) is 136 Å². The van der Waals surface area contributed by atoms with Gasteiger partial charge in [-0.3, -0.25) is 0 Å². The Labute approximate surface area is 254 Å². The summed E-state index contributed by atoms with van der Waals surface area (Å²) in [5.41, 5.74) is 14.3. The van der Waals surface area contributed by atoms with Crippen molar-refractivity contribution >= 4 is 97.4 Å². The number of fused-ring (bicyclic) bond motifs is 9. The van der Waals surface area contributed by atoms with Crippen LogP contribution >= 0.6 is 31.9 Å². The third kappa shape index (κ3) is 3.69. The van der Waals surface area contributed by atoms with Gasteiger partial charge in [-0.05, 0) is 54.6 Å². The van der Waals surface area contributed by atoms with Crippen molar-refractivity contribution in [1.29, 1.82) is 0 Å². The molecule has 0 saturated carbocycles. The predicted molar refractivity (Wildman–Crippen MR) is 184 cm³/mol. The van der Waals surface area contributed by atoms with E-state index in [0.29, 0.717) is 0 Å². The molecule has 0 spiro atoms. The fourth-order valence-corrected chi connectivity index (χ4v) is 7.06. The fraction of sp³-hybridized carbons (Fsp3) is 0. The van der Waals surface area contributed by atoms with E-state index < -0.39 is 0 Å². The number of halogens is 2. The molecule has 6 aromatic carbocycles. The molecule has 0 aliphatic heterocycles. The highest BCUT2D eigenvalue weighted by molar-refractivity contribution is 9.10. The van der Waals surface area contributed by atoms with Crippen LogP contribution in [0.3, 0.4) is 0 Å². The molecule has 0 amide bonds. The van der Waals surface area contributed by atoms with E-state index >= 15 is 0 Å². The summed E-state index contributed by atoms with van der Waals surface area (Å²) < 4.78 is 6.74. The minimum atomic E-state index is 0. The van der Waals surface area contributed by atoms with Crippen LogP contribution < -0.4 is 5.73 Å². The maximum atomic E-state index is 6.24. The highest BCUT2D eigenvalue weighted by atomic mass is 79.9. The number of para-hydroxylation sites is 4. The third-order valence-electron chi connectivity index (χ3n) is 7.99. The summed E-state index contributed by atoms with van der Waals surface area (Å²) in [5.74, 6) is 0. The quantitative estimate of drug-likeness (QED) is 0.175. The van der Waals surface area contributed by atoms with Crippen LogP contribution in [0, 0.1) is 0 Å². The van der Waals surface area contributed by atoms with E-state index in [9.17, 15) is 0 Å². The normalized spacial score (nSPS) is 11.8. The van der Waals surface area contributed by atoms with Crippen LogP contribution in [0.5, 0.6) is 0 Å². The third-order valence-corrected chi connectivity index (χ3v) is 8.98. The fourth-order valence-electron chi connectivity index (χ4n) is 6.32. The van der Waals surface area contributed by atoms with Gasteiger partial charge in [0.05, 0.1) is 39.0 Å². The topological polar surface area (TPSA) is 35.4 Å². The molecule has 5 heteroatoms. The monoisotopic (exact) mass is 658 g/mol. The summed E-state index contributed by atoms with van der Waals surface area (Å²) in [7, 11) is 0. The smallest absolute Gasteiger partial charge is 0.0692 e. The molecule has 3 nitrogen and oxygen atoms in total. The summed E-state index contributed by atoms with van der Waals surface area (Å²) in [6, 6.07) is 44.6. The van der Waals surface area contributed by atoms with Crippen molar-refractivity contribution in [2.45, 2.75) is 0 Å². The summed E-state index contributed by atoms with van der Waals surface area (Å²) in [6.45, 7) is 0. The summed E-state index contributed by atoms with van der Waals surface area (Å²) in [4.78, 5) is 0. The Bertz CT molecular complexity index is 2370. The van der Waals surface area contributed by atoms with Gasteiger partial charge in [0.15, 0.2) is 0 Å². The maximum absolute atomic E-state index is 6.24. The van der Waals surface area contributed by atoms with Crippen molar-refractivity contribution in [3.63, 3.8) is 0 Å². The van der Waals surface area contributed by atoms with E-state index in [0.717, 1.165) is 20.3 Å². The summed E-state index contributed by atoms with van der Waals surface area (Å²) >= 11 is 7.06. The Morgan fingerprint density at radius 3 is 1.61 bits per heavy atom. The van der Waals surface area contributed by atoms with Crippen molar-refractivity contribution in [2.24, 2.45) is 0 Å². The van der Waals surface area contributed by atoms with Crippen molar-refractivity contribution < 1.29 is 1.43 Å². The molecule has 198 valence electrons. The molecule has 0 aliphatic carbocycles. The van der Waals surface area contributed by atoms with Crippen molar-refractivity contribution in [2.75, 3.05) is 5.73 Å². The summed E-state index contributed by atoms with van der Waals surface area (Å²) in [6.07, 6.45) is 0. The molecular formula is C36H25Br2N3. The molecule has 0 bridgehead atoms. The number of hydrogen-bond acceptors (Lipinski definition) is 1. The Balaban J connectivity index is 0.000000134. The number of nitrogens with zero attached hydrogens (tertiary/aromatic N) is 2. The molecule has 2 N–H and O–H groups in total. The lowest BCUT2D eigenvalue weighted by Gasteiger charge is -2.11. The lowest BCUT2D eigenvalue weighted by molar-refractivity contribution is 1.18. The molecule has 0 fully saturated rings. The second kappa shape index (κ2) is 9.37. The van der Waals surface area contributed by atoms with Crippen molar-refractivity contribution in [3.8, 4) is 5.69 Å². The Morgan fingerprint density at radius 2 is 0.951 bits per heavy atom. The van der Waals surface area contributed by atoms with E-state index in [2.05, 4.69) is 156 Å². The van der Waals surface area contributed by atoms with E-state index in [1.807, 2.05) is 12.1 Å². The molecule has 0 atom stereocenters. The average molecular weight is 660 g/mol. The van der Waals surface area contributed by atoms with Crippen molar-refractivity contribution in [1.82, 2.24) is 8.97 Å². The van der Waals surface area contributed by atoms with Gasteiger partial charge in [-0.15, -0.1) is 0 Å². The van der Waals surface area contributed by atoms with Gasteiger partial charge in [0.1, 0.15) is 0 Å². The van der Waals surface area contributed by atoms with Crippen LogP contribution in [0.4, 0.5) is 5.69 Å². The van der Waals surface area contributed by atoms with Gasteiger partial charge >= 0.3 is 0 Å². The number of aromatic nitrogens is 2. The maximum Gasteiger partial charge on any atom is 0.0692 e. The molecular weight excluding hydrogens is 634 g/mol. The van der Waals surface area contributed by atoms with Gasteiger partial charge in [0.25, 0.3) is 0 Å². The van der Waals surface area contributed by atoms with Gasteiger partial charge in [-0.1, -0.05) is 105 Å². The molecule has 41 heavy (non-hydrogen) atoms. The minimum Gasteiger partial charge on any atom is -0.397 e. The van der Waals surface area contributed by atoms with E-state index in [4.69, 9.17) is 5.73 Å². The van der Waals surface area contributed by atoms with Gasteiger partial charge in [0.2, 0.25) is 0 Å². The number of hydrogen-bond donors (Lipinski definition) is 1. The SMILES string of the molecule is Brc1ccc2c(c1)c1cccc3c4ccccc4n2c31.Nc1cc(Br)ccc1-n1c2ccccc2c2ccccc21.[2HH]. The highest BCUT2D eigenvalue weighted by Gasteiger charge is 2.16. The molecule has 0 unspecified atom stereocenters. The molecule has 0 saturated heterocycles. The van der Waals surface area contributed by atoms with Crippen LogP contribution in [-0.4, -0.2) is 8.97 Å². The predicted octanol–water partition coefficient (Wildman–Crippen LogP) is 11.0. The van der Waals surface area contributed by atoms with Gasteiger partial charge in [-0.2, -0.15) is 0 Å². The number of nitrogens with two attached hydrogens (primary N) is 1. The van der Waals surface area contributed by atoms with Gasteiger partial charge in [0, 0.05) is 42.7 Å². The second-order valence-electron chi connectivity index (χ2n) is 10.3. The number of nitrogen functional groups attached to an aromatic ring is 1. The first-order chi connectivity index (χ1) is 20.1. The summed E-state index contributed by atoms with van der Waals surface area (Å²) in [5, 5.41) is 7.80. The first-order valence-electron chi connectivity index (χ1n) is 13.5. The van der Waals surface area contributed by atoms with E-state index in [1.165, 1.54) is 59.9 Å². The Hall–Kier alpha value is -4.32. The Kier molecular flexibility index (Phi) is 5.59.